The first-order chi connectivity index (χ1) is 8.24. The van der Waals surface area contributed by atoms with E-state index in [0.717, 1.165) is 17.9 Å². The third kappa shape index (κ3) is 2.28. The van der Waals surface area contributed by atoms with E-state index in [1.807, 2.05) is 29.8 Å². The minimum Gasteiger partial charge on any atom is -0.495 e. The van der Waals surface area contributed by atoms with E-state index in [9.17, 15) is 0 Å². The molecule has 1 heterocycles. The Morgan fingerprint density at radius 2 is 2.29 bits per heavy atom. The average Bonchev–Trinajstić information content (AvgIpc) is 2.75. The third-order valence-corrected chi connectivity index (χ3v) is 2.66. The van der Waals surface area contributed by atoms with Crippen LogP contribution >= 0.6 is 0 Å². The normalized spacial score (nSPS) is 9.94. The van der Waals surface area contributed by atoms with Gasteiger partial charge in [0.05, 0.1) is 12.7 Å². The van der Waals surface area contributed by atoms with Crippen molar-refractivity contribution in [1.82, 2.24) is 9.55 Å². The standard InChI is InChI=1S/C13H13N3O/c1-10-15-5-6-16(10)9-11-3-4-12(8-14)13(7-11)17-2/h3-7H,9H2,1-2H3. The Labute approximate surface area is 100 Å². The SMILES string of the molecule is COc1cc(Cn2ccnc2C)ccc1C#N. The number of aryl methyl sites for hydroxylation is 1. The molecule has 0 N–H and O–H groups in total. The maximum Gasteiger partial charge on any atom is 0.136 e. The van der Waals surface area contributed by atoms with E-state index in [0.29, 0.717) is 11.3 Å². The summed E-state index contributed by atoms with van der Waals surface area (Å²) in [6.45, 7) is 2.69. The van der Waals surface area contributed by atoms with Crippen LogP contribution in [0.3, 0.4) is 0 Å². The topological polar surface area (TPSA) is 50.8 Å². The molecule has 17 heavy (non-hydrogen) atoms. The van der Waals surface area contributed by atoms with Crippen molar-refractivity contribution in [2.75, 3.05) is 7.11 Å². The molecular weight excluding hydrogens is 214 g/mol. The molecule has 4 nitrogen and oxygen atoms in total. The summed E-state index contributed by atoms with van der Waals surface area (Å²) in [6.07, 6.45) is 3.70. The number of hydrogen-bond donors (Lipinski definition) is 0. The van der Waals surface area contributed by atoms with Gasteiger partial charge in [0, 0.05) is 18.9 Å². The maximum absolute atomic E-state index is 8.90. The van der Waals surface area contributed by atoms with Crippen LogP contribution in [0.5, 0.6) is 5.75 Å². The van der Waals surface area contributed by atoms with Gasteiger partial charge in [-0.2, -0.15) is 5.26 Å². The predicted molar refractivity (Wildman–Crippen MR) is 63.8 cm³/mol. The Morgan fingerprint density at radius 1 is 1.47 bits per heavy atom. The van der Waals surface area contributed by atoms with Crippen LogP contribution in [0, 0.1) is 18.3 Å². The minimum absolute atomic E-state index is 0.554. The molecule has 0 aliphatic carbocycles. The van der Waals surface area contributed by atoms with E-state index < -0.39 is 0 Å². The number of rotatable bonds is 3. The molecule has 0 bridgehead atoms. The van der Waals surface area contributed by atoms with Gasteiger partial charge in [-0.1, -0.05) is 6.07 Å². The number of hydrogen-bond acceptors (Lipinski definition) is 3. The van der Waals surface area contributed by atoms with Crippen molar-refractivity contribution in [2.24, 2.45) is 0 Å². The number of ether oxygens (including phenoxy) is 1. The molecule has 0 radical (unpaired) electrons. The van der Waals surface area contributed by atoms with E-state index in [-0.39, 0.29) is 0 Å². The van der Waals surface area contributed by atoms with E-state index in [1.165, 1.54) is 0 Å². The average molecular weight is 227 g/mol. The summed E-state index contributed by atoms with van der Waals surface area (Å²) in [5.41, 5.74) is 1.64. The molecule has 4 heteroatoms. The van der Waals surface area contributed by atoms with Gasteiger partial charge >= 0.3 is 0 Å². The van der Waals surface area contributed by atoms with Crippen LogP contribution in [0.25, 0.3) is 0 Å². The number of aromatic nitrogens is 2. The smallest absolute Gasteiger partial charge is 0.136 e. The molecule has 0 spiro atoms. The molecule has 1 aromatic carbocycles. The molecule has 0 saturated heterocycles. The monoisotopic (exact) mass is 227 g/mol. The second-order valence-corrected chi connectivity index (χ2v) is 3.75. The Kier molecular flexibility index (Phi) is 3.10. The Morgan fingerprint density at radius 3 is 2.88 bits per heavy atom. The lowest BCUT2D eigenvalue weighted by atomic mass is 10.1. The van der Waals surface area contributed by atoms with Gasteiger partial charge in [-0.05, 0) is 24.6 Å². The molecule has 0 unspecified atom stereocenters. The molecule has 86 valence electrons. The van der Waals surface area contributed by atoms with Crippen LogP contribution in [0.2, 0.25) is 0 Å². The third-order valence-electron chi connectivity index (χ3n) is 2.66. The zero-order valence-corrected chi connectivity index (χ0v) is 9.84. The van der Waals surface area contributed by atoms with Crippen LogP contribution in [0.4, 0.5) is 0 Å². The molecule has 2 aromatic rings. The molecule has 2 rings (SSSR count). The summed E-state index contributed by atoms with van der Waals surface area (Å²) in [5.74, 6) is 1.58. The van der Waals surface area contributed by atoms with Gasteiger partial charge in [-0.15, -0.1) is 0 Å². The lowest BCUT2D eigenvalue weighted by Crippen LogP contribution is -2.01. The summed E-state index contributed by atoms with van der Waals surface area (Å²) in [7, 11) is 1.57. The van der Waals surface area contributed by atoms with Crippen molar-refractivity contribution >= 4 is 0 Å². The summed E-state index contributed by atoms with van der Waals surface area (Å²) in [4.78, 5) is 4.17. The molecule has 1 aromatic heterocycles. The number of imidazole rings is 1. The highest BCUT2D eigenvalue weighted by Gasteiger charge is 2.05. The van der Waals surface area contributed by atoms with E-state index in [1.54, 1.807) is 19.4 Å². The van der Waals surface area contributed by atoms with Crippen molar-refractivity contribution in [3.8, 4) is 11.8 Å². The zero-order chi connectivity index (χ0) is 12.3. The van der Waals surface area contributed by atoms with Crippen LogP contribution in [-0.4, -0.2) is 16.7 Å². The summed E-state index contributed by atoms with van der Waals surface area (Å²) in [5, 5.41) is 8.90. The fourth-order valence-electron chi connectivity index (χ4n) is 1.69. The summed E-state index contributed by atoms with van der Waals surface area (Å²) in [6, 6.07) is 7.70. The predicted octanol–water partition coefficient (Wildman–Crippen LogP) is 2.12. The second kappa shape index (κ2) is 4.71. The van der Waals surface area contributed by atoms with Gasteiger partial charge in [0.25, 0.3) is 0 Å². The first-order valence-electron chi connectivity index (χ1n) is 5.29. The van der Waals surface area contributed by atoms with Crippen LogP contribution in [0.15, 0.2) is 30.6 Å². The highest BCUT2D eigenvalue weighted by molar-refractivity contribution is 5.45. The van der Waals surface area contributed by atoms with Gasteiger partial charge < -0.3 is 9.30 Å². The van der Waals surface area contributed by atoms with Gasteiger partial charge in [0.1, 0.15) is 17.6 Å². The Bertz CT molecular complexity index is 566. The lowest BCUT2D eigenvalue weighted by molar-refractivity contribution is 0.413. The quantitative estimate of drug-likeness (QED) is 0.807. The molecular formula is C13H13N3O. The van der Waals surface area contributed by atoms with Crippen molar-refractivity contribution in [3.63, 3.8) is 0 Å². The number of nitrogens with zero attached hydrogens (tertiary/aromatic N) is 3. The highest BCUT2D eigenvalue weighted by Crippen LogP contribution is 2.20. The molecule has 0 atom stereocenters. The van der Waals surface area contributed by atoms with Gasteiger partial charge in [-0.3, -0.25) is 0 Å². The van der Waals surface area contributed by atoms with Crippen LogP contribution in [0.1, 0.15) is 17.0 Å². The van der Waals surface area contributed by atoms with Gasteiger partial charge in [0.15, 0.2) is 0 Å². The number of benzene rings is 1. The fourth-order valence-corrected chi connectivity index (χ4v) is 1.69. The molecule has 0 amide bonds. The van der Waals surface area contributed by atoms with Crippen molar-refractivity contribution < 1.29 is 4.74 Å². The molecule has 0 fully saturated rings. The van der Waals surface area contributed by atoms with Crippen LogP contribution in [-0.2, 0) is 6.54 Å². The van der Waals surface area contributed by atoms with Crippen molar-refractivity contribution in [3.05, 3.63) is 47.5 Å². The van der Waals surface area contributed by atoms with E-state index in [4.69, 9.17) is 10.00 Å². The first kappa shape index (κ1) is 11.2. The Hall–Kier alpha value is -2.28. The summed E-state index contributed by atoms with van der Waals surface area (Å²) >= 11 is 0. The number of nitriles is 1. The van der Waals surface area contributed by atoms with Crippen molar-refractivity contribution in [1.29, 1.82) is 5.26 Å². The minimum atomic E-state index is 0.554. The van der Waals surface area contributed by atoms with Gasteiger partial charge in [0.2, 0.25) is 0 Å². The lowest BCUT2D eigenvalue weighted by Gasteiger charge is -2.08. The highest BCUT2D eigenvalue weighted by atomic mass is 16.5. The Balaban J connectivity index is 2.29. The van der Waals surface area contributed by atoms with Crippen molar-refractivity contribution in [2.45, 2.75) is 13.5 Å². The second-order valence-electron chi connectivity index (χ2n) is 3.75. The number of methoxy groups -OCH3 is 1. The fraction of sp³-hybridized carbons (Fsp3) is 0.231. The maximum atomic E-state index is 8.90. The summed E-state index contributed by atoms with van der Waals surface area (Å²) < 4.78 is 7.22. The first-order valence-corrected chi connectivity index (χ1v) is 5.29. The molecule has 0 saturated carbocycles. The molecule has 0 aliphatic rings. The largest absolute Gasteiger partial charge is 0.495 e. The zero-order valence-electron chi connectivity index (χ0n) is 9.84. The van der Waals surface area contributed by atoms with E-state index >= 15 is 0 Å². The van der Waals surface area contributed by atoms with E-state index in [2.05, 4.69) is 11.1 Å². The van der Waals surface area contributed by atoms with Crippen LogP contribution < -0.4 is 4.74 Å². The molecule has 0 aliphatic heterocycles. The van der Waals surface area contributed by atoms with Gasteiger partial charge in [-0.25, -0.2) is 4.98 Å².